The topological polar surface area (TPSA) is 80.2 Å². The number of rotatable bonds is 5. The Morgan fingerprint density at radius 1 is 1.60 bits per heavy atom. The molecule has 1 rings (SSSR count). The first-order valence-electron chi connectivity index (χ1n) is 4.68. The van der Waals surface area contributed by atoms with Crippen LogP contribution < -0.4 is 9.47 Å². The van der Waals surface area contributed by atoms with Gasteiger partial charge in [-0.2, -0.15) is 4.73 Å². The smallest absolute Gasteiger partial charge is 0.222 e. The summed E-state index contributed by atoms with van der Waals surface area (Å²) in [5.74, 6) is 0.482. The summed E-state index contributed by atoms with van der Waals surface area (Å²) in [7, 11) is 0. The maximum absolute atomic E-state index is 11.2. The van der Waals surface area contributed by atoms with Crippen LogP contribution in [0.25, 0.3) is 0 Å². The van der Waals surface area contributed by atoms with Gasteiger partial charge >= 0.3 is 0 Å². The van der Waals surface area contributed by atoms with Crippen molar-refractivity contribution in [1.82, 2.24) is 0 Å². The first-order valence-corrected chi connectivity index (χ1v) is 4.68. The first kappa shape index (κ1) is 11.5. The lowest BCUT2D eigenvalue weighted by atomic mass is 10.1. The van der Waals surface area contributed by atoms with Gasteiger partial charge in [-0.25, -0.2) is 0 Å². The molecule has 0 bridgehead atoms. The van der Waals surface area contributed by atoms with Gasteiger partial charge in [0.25, 0.3) is 0 Å². The molecule has 0 aliphatic carbocycles. The number of ether oxygens (including phenoxy) is 1. The molecule has 5 heteroatoms. The van der Waals surface area contributed by atoms with E-state index < -0.39 is 0 Å². The molecular weight excluding hydrogens is 196 g/mol. The van der Waals surface area contributed by atoms with Gasteiger partial charge in [0.2, 0.25) is 6.20 Å². The van der Waals surface area contributed by atoms with Crippen LogP contribution >= 0.6 is 0 Å². The van der Waals surface area contributed by atoms with E-state index in [-0.39, 0.29) is 18.7 Å². The lowest BCUT2D eigenvalue weighted by molar-refractivity contribution is -0.606. The van der Waals surface area contributed by atoms with Crippen molar-refractivity contribution in [2.45, 2.75) is 13.3 Å². The number of aliphatic hydroxyl groups is 1. The zero-order valence-electron chi connectivity index (χ0n) is 8.56. The number of aromatic nitrogens is 1. The Balaban J connectivity index is 2.83. The molecule has 15 heavy (non-hydrogen) atoms. The number of hydrogen-bond donors (Lipinski definition) is 2. The molecule has 0 fully saturated rings. The summed E-state index contributed by atoms with van der Waals surface area (Å²) in [6.07, 6.45) is 2.96. The Bertz CT molecular complexity index is 353. The maximum Gasteiger partial charge on any atom is 0.222 e. The molecule has 2 N–H and O–H groups in total. The van der Waals surface area contributed by atoms with Gasteiger partial charge in [-0.1, -0.05) is 0 Å². The van der Waals surface area contributed by atoms with E-state index in [1.165, 1.54) is 12.4 Å². The standard InChI is InChI=1S/C10H14N2O3/c1-2-15-10-4-8(3-9(11)7-13)5-12(14)6-10/h4-6,11,13H,2-3,7H2,1H3. The predicted octanol–water partition coefficient (Wildman–Crippen LogP) is 0.273. The fourth-order valence-corrected chi connectivity index (χ4v) is 1.23. The van der Waals surface area contributed by atoms with Gasteiger partial charge in [-0.15, -0.1) is 0 Å². The third kappa shape index (κ3) is 3.55. The summed E-state index contributed by atoms with van der Waals surface area (Å²) < 4.78 is 5.83. The summed E-state index contributed by atoms with van der Waals surface area (Å²) in [5, 5.41) is 27.2. The summed E-state index contributed by atoms with van der Waals surface area (Å²) in [6, 6.07) is 1.70. The van der Waals surface area contributed by atoms with Crippen LogP contribution in [0, 0.1) is 10.6 Å². The average molecular weight is 210 g/mol. The Hall–Kier alpha value is -1.62. The highest BCUT2D eigenvalue weighted by atomic mass is 16.5. The van der Waals surface area contributed by atoms with Crippen molar-refractivity contribution in [3.63, 3.8) is 0 Å². The Labute approximate surface area is 88.0 Å². The van der Waals surface area contributed by atoms with Crippen LogP contribution in [-0.2, 0) is 6.42 Å². The third-order valence-electron chi connectivity index (χ3n) is 1.79. The van der Waals surface area contributed by atoms with Gasteiger partial charge in [0, 0.05) is 17.7 Å². The first-order chi connectivity index (χ1) is 7.15. The van der Waals surface area contributed by atoms with Crippen LogP contribution in [0.15, 0.2) is 18.5 Å². The minimum absolute atomic E-state index is 0.170. The van der Waals surface area contributed by atoms with E-state index in [1.807, 2.05) is 6.92 Å². The van der Waals surface area contributed by atoms with Crippen molar-refractivity contribution in [3.05, 3.63) is 29.2 Å². The van der Waals surface area contributed by atoms with Crippen molar-refractivity contribution in [3.8, 4) is 5.75 Å². The number of aliphatic hydroxyl groups excluding tert-OH is 1. The highest BCUT2D eigenvalue weighted by Crippen LogP contribution is 2.10. The second kappa shape index (κ2) is 5.31. The number of pyridine rings is 1. The van der Waals surface area contributed by atoms with E-state index in [0.29, 0.717) is 22.7 Å². The van der Waals surface area contributed by atoms with Crippen molar-refractivity contribution in [1.29, 1.82) is 5.41 Å². The molecule has 5 nitrogen and oxygen atoms in total. The summed E-state index contributed by atoms with van der Waals surface area (Å²) in [6.45, 7) is 2.02. The normalized spacial score (nSPS) is 10.0. The average Bonchev–Trinajstić information content (AvgIpc) is 2.17. The van der Waals surface area contributed by atoms with Crippen molar-refractivity contribution in [2.24, 2.45) is 0 Å². The maximum atomic E-state index is 11.2. The molecule has 82 valence electrons. The molecule has 1 aromatic rings. The summed E-state index contributed by atoms with van der Waals surface area (Å²) in [4.78, 5) is 0. The third-order valence-corrected chi connectivity index (χ3v) is 1.79. The van der Waals surface area contributed by atoms with Crippen LogP contribution in [0.2, 0.25) is 0 Å². The molecule has 0 amide bonds. The molecule has 1 heterocycles. The van der Waals surface area contributed by atoms with Gasteiger partial charge in [-0.3, -0.25) is 0 Å². The fourth-order valence-electron chi connectivity index (χ4n) is 1.23. The number of hydrogen-bond acceptors (Lipinski definition) is 4. The summed E-state index contributed by atoms with van der Waals surface area (Å²) >= 11 is 0. The van der Waals surface area contributed by atoms with Gasteiger partial charge in [0.15, 0.2) is 11.9 Å². The molecule has 1 aromatic heterocycles. The van der Waals surface area contributed by atoms with Crippen LogP contribution in [0.1, 0.15) is 12.5 Å². The second-order valence-electron chi connectivity index (χ2n) is 3.11. The van der Waals surface area contributed by atoms with E-state index in [0.717, 1.165) is 0 Å². The molecule has 0 saturated heterocycles. The number of nitrogens with one attached hydrogen (secondary N) is 1. The van der Waals surface area contributed by atoms with E-state index in [1.54, 1.807) is 6.07 Å². The molecule has 0 aliphatic rings. The minimum atomic E-state index is -0.294. The summed E-state index contributed by atoms with van der Waals surface area (Å²) in [5.41, 5.74) is 0.832. The quantitative estimate of drug-likeness (QED) is 0.416. The largest absolute Gasteiger partial charge is 0.619 e. The molecule has 0 aromatic carbocycles. The zero-order valence-corrected chi connectivity index (χ0v) is 8.56. The van der Waals surface area contributed by atoms with E-state index in [9.17, 15) is 5.21 Å². The number of nitrogens with zero attached hydrogens (tertiary/aromatic N) is 1. The van der Waals surface area contributed by atoms with Gasteiger partial charge in [-0.05, 0) is 13.0 Å². The molecular formula is C10H14N2O3. The molecule has 0 aliphatic heterocycles. The molecule has 0 atom stereocenters. The van der Waals surface area contributed by atoms with Crippen LogP contribution in [0.4, 0.5) is 0 Å². The Morgan fingerprint density at radius 3 is 2.93 bits per heavy atom. The van der Waals surface area contributed by atoms with Crippen molar-refractivity contribution >= 4 is 5.71 Å². The van der Waals surface area contributed by atoms with Crippen molar-refractivity contribution in [2.75, 3.05) is 13.2 Å². The van der Waals surface area contributed by atoms with Gasteiger partial charge < -0.3 is 20.5 Å². The molecule has 0 spiro atoms. The van der Waals surface area contributed by atoms with E-state index in [2.05, 4.69) is 0 Å². The highest BCUT2D eigenvalue weighted by Gasteiger charge is 2.06. The fraction of sp³-hybridized carbons (Fsp3) is 0.400. The lowest BCUT2D eigenvalue weighted by Gasteiger charge is -2.06. The zero-order chi connectivity index (χ0) is 11.3. The monoisotopic (exact) mass is 210 g/mol. The highest BCUT2D eigenvalue weighted by molar-refractivity contribution is 5.84. The Kier molecular flexibility index (Phi) is 4.05. The van der Waals surface area contributed by atoms with Gasteiger partial charge in [0.05, 0.1) is 13.2 Å². The van der Waals surface area contributed by atoms with Crippen LogP contribution in [-0.4, -0.2) is 24.0 Å². The van der Waals surface area contributed by atoms with E-state index in [4.69, 9.17) is 15.3 Å². The second-order valence-corrected chi connectivity index (χ2v) is 3.11. The van der Waals surface area contributed by atoms with Crippen LogP contribution in [0.3, 0.4) is 0 Å². The SMILES string of the molecule is CCOc1cc(CC(=N)CO)c[n+]([O-])c1. The minimum Gasteiger partial charge on any atom is -0.619 e. The molecule has 0 unspecified atom stereocenters. The van der Waals surface area contributed by atoms with Crippen molar-refractivity contribution < 1.29 is 14.6 Å². The Morgan fingerprint density at radius 2 is 2.33 bits per heavy atom. The van der Waals surface area contributed by atoms with E-state index >= 15 is 0 Å². The van der Waals surface area contributed by atoms with Gasteiger partial charge in [0.1, 0.15) is 0 Å². The lowest BCUT2D eigenvalue weighted by Crippen LogP contribution is -2.26. The predicted molar refractivity (Wildman–Crippen MR) is 55.1 cm³/mol. The van der Waals surface area contributed by atoms with Crippen LogP contribution in [0.5, 0.6) is 5.75 Å². The molecule has 0 radical (unpaired) electrons. The molecule has 0 saturated carbocycles.